The molecule has 0 radical (unpaired) electrons. The quantitative estimate of drug-likeness (QED) is 0.710. The molecule has 0 N–H and O–H groups in total. The third kappa shape index (κ3) is 1.45. The first-order valence-electron chi connectivity index (χ1n) is 5.32. The van der Waals surface area contributed by atoms with Crippen molar-refractivity contribution in [1.29, 1.82) is 0 Å². The average molecular weight is 215 g/mol. The van der Waals surface area contributed by atoms with Crippen molar-refractivity contribution in [2.75, 3.05) is 6.54 Å². The molecule has 0 fully saturated rings. The fourth-order valence-corrected chi connectivity index (χ4v) is 1.89. The highest BCUT2D eigenvalue weighted by Crippen LogP contribution is 2.24. The number of benzene rings is 1. The maximum absolute atomic E-state index is 11.9. The van der Waals surface area contributed by atoms with Gasteiger partial charge in [-0.3, -0.25) is 14.5 Å². The minimum absolute atomic E-state index is 0.186. The van der Waals surface area contributed by atoms with Crippen molar-refractivity contribution < 1.29 is 9.59 Å². The van der Waals surface area contributed by atoms with Crippen LogP contribution in [0.1, 0.15) is 40.1 Å². The monoisotopic (exact) mass is 215 g/mol. The van der Waals surface area contributed by atoms with E-state index in [9.17, 15) is 9.59 Å². The Morgan fingerprint density at radius 1 is 1.19 bits per heavy atom. The van der Waals surface area contributed by atoms with Crippen molar-refractivity contribution >= 4 is 17.9 Å². The van der Waals surface area contributed by atoms with Crippen LogP contribution in [0.4, 0.5) is 0 Å². The Morgan fingerprint density at radius 3 is 2.50 bits per heavy atom. The first-order valence-corrected chi connectivity index (χ1v) is 5.32. The lowest BCUT2D eigenvalue weighted by Gasteiger charge is -2.08. The minimum atomic E-state index is -0.186. The Labute approximate surface area is 94.4 Å². The van der Waals surface area contributed by atoms with Crippen LogP contribution in [0.25, 0.3) is 6.08 Å². The highest BCUT2D eigenvalue weighted by molar-refractivity contribution is 6.21. The zero-order valence-corrected chi connectivity index (χ0v) is 9.36. The fraction of sp³-hybridized carbons (Fsp3) is 0.231. The Morgan fingerprint density at radius 2 is 1.88 bits per heavy atom. The summed E-state index contributed by atoms with van der Waals surface area (Å²) in [4.78, 5) is 24.9. The summed E-state index contributed by atoms with van der Waals surface area (Å²) in [6.45, 7) is 4.14. The summed E-state index contributed by atoms with van der Waals surface area (Å²) in [6.07, 6.45) is 3.81. The van der Waals surface area contributed by atoms with Crippen molar-refractivity contribution in [2.45, 2.75) is 13.8 Å². The number of amides is 2. The summed E-state index contributed by atoms with van der Waals surface area (Å²) in [5.74, 6) is -0.372. The number of imide groups is 1. The van der Waals surface area contributed by atoms with Crippen LogP contribution in [-0.2, 0) is 0 Å². The predicted octanol–water partition coefficient (Wildman–Crippen LogP) is 2.34. The van der Waals surface area contributed by atoms with E-state index >= 15 is 0 Å². The zero-order valence-electron chi connectivity index (χ0n) is 9.36. The van der Waals surface area contributed by atoms with E-state index in [1.54, 1.807) is 19.1 Å². The minimum Gasteiger partial charge on any atom is -0.275 e. The number of allylic oxidation sites excluding steroid dienone is 1. The van der Waals surface area contributed by atoms with Crippen LogP contribution in [0.3, 0.4) is 0 Å². The van der Waals surface area contributed by atoms with E-state index in [1.807, 2.05) is 25.1 Å². The summed E-state index contributed by atoms with van der Waals surface area (Å²) in [6, 6.07) is 5.34. The van der Waals surface area contributed by atoms with Crippen molar-refractivity contribution in [3.8, 4) is 0 Å². The Hall–Kier alpha value is -1.90. The van der Waals surface area contributed by atoms with Gasteiger partial charge in [0.05, 0.1) is 11.1 Å². The topological polar surface area (TPSA) is 37.4 Å². The number of carbonyl (C=O) groups excluding carboxylic acids is 2. The summed E-state index contributed by atoms with van der Waals surface area (Å²) >= 11 is 0. The third-order valence-electron chi connectivity index (χ3n) is 2.67. The Kier molecular flexibility index (Phi) is 2.60. The van der Waals surface area contributed by atoms with E-state index in [2.05, 4.69) is 0 Å². The molecular formula is C13H13NO2. The lowest BCUT2D eigenvalue weighted by molar-refractivity contribution is 0.0663. The van der Waals surface area contributed by atoms with Gasteiger partial charge in [0.2, 0.25) is 0 Å². The van der Waals surface area contributed by atoms with E-state index in [-0.39, 0.29) is 11.8 Å². The predicted molar refractivity (Wildman–Crippen MR) is 62.2 cm³/mol. The molecule has 1 aliphatic heterocycles. The first kappa shape index (κ1) is 10.6. The molecule has 16 heavy (non-hydrogen) atoms. The van der Waals surface area contributed by atoms with E-state index in [0.717, 1.165) is 5.56 Å². The molecule has 0 saturated carbocycles. The average Bonchev–Trinajstić information content (AvgIpc) is 2.52. The molecule has 0 saturated heterocycles. The largest absolute Gasteiger partial charge is 0.275 e. The van der Waals surface area contributed by atoms with Gasteiger partial charge in [0.15, 0.2) is 0 Å². The number of rotatable bonds is 2. The van der Waals surface area contributed by atoms with E-state index < -0.39 is 0 Å². The maximum Gasteiger partial charge on any atom is 0.261 e. The molecule has 3 heteroatoms. The molecule has 0 bridgehead atoms. The number of fused-ring (bicyclic) bond motifs is 1. The molecule has 0 aliphatic carbocycles. The second-order valence-electron chi connectivity index (χ2n) is 3.66. The molecule has 1 aromatic carbocycles. The molecule has 0 spiro atoms. The molecular weight excluding hydrogens is 202 g/mol. The molecule has 82 valence electrons. The Bertz CT molecular complexity index is 489. The summed E-state index contributed by atoms with van der Waals surface area (Å²) in [5, 5.41) is 0. The van der Waals surface area contributed by atoms with Crippen LogP contribution in [0, 0.1) is 0 Å². The number of carbonyl (C=O) groups is 2. The summed E-state index contributed by atoms with van der Waals surface area (Å²) in [7, 11) is 0. The molecule has 0 aromatic heterocycles. The molecule has 1 aromatic rings. The molecule has 0 unspecified atom stereocenters. The van der Waals surface area contributed by atoms with Gasteiger partial charge < -0.3 is 0 Å². The summed E-state index contributed by atoms with van der Waals surface area (Å²) < 4.78 is 0. The van der Waals surface area contributed by atoms with E-state index in [4.69, 9.17) is 0 Å². The van der Waals surface area contributed by atoms with Gasteiger partial charge in [0.25, 0.3) is 11.8 Å². The van der Waals surface area contributed by atoms with Crippen molar-refractivity contribution in [2.24, 2.45) is 0 Å². The fourth-order valence-electron chi connectivity index (χ4n) is 1.89. The molecule has 2 amide bonds. The highest BCUT2D eigenvalue weighted by atomic mass is 16.2. The summed E-state index contributed by atoms with van der Waals surface area (Å²) in [5.41, 5.74) is 1.97. The van der Waals surface area contributed by atoms with Crippen LogP contribution < -0.4 is 0 Å². The molecule has 3 nitrogen and oxygen atoms in total. The van der Waals surface area contributed by atoms with Gasteiger partial charge in [0, 0.05) is 6.54 Å². The van der Waals surface area contributed by atoms with Gasteiger partial charge in [0.1, 0.15) is 0 Å². The van der Waals surface area contributed by atoms with Gasteiger partial charge in [-0.05, 0) is 31.5 Å². The van der Waals surface area contributed by atoms with Crippen LogP contribution in [0.15, 0.2) is 24.3 Å². The molecule has 1 aliphatic rings. The maximum atomic E-state index is 11.9. The normalized spacial score (nSPS) is 15.0. The molecule has 1 heterocycles. The SMILES string of the molecule is C/C=C/c1ccc2c(c1)C(=O)N(CC)C2=O. The van der Waals surface area contributed by atoms with Gasteiger partial charge in [-0.15, -0.1) is 0 Å². The third-order valence-corrected chi connectivity index (χ3v) is 2.67. The van der Waals surface area contributed by atoms with Crippen LogP contribution >= 0.6 is 0 Å². The van der Waals surface area contributed by atoms with Gasteiger partial charge in [-0.1, -0.05) is 18.2 Å². The number of nitrogens with zero attached hydrogens (tertiary/aromatic N) is 1. The van der Waals surface area contributed by atoms with Crippen molar-refractivity contribution in [3.63, 3.8) is 0 Å². The van der Waals surface area contributed by atoms with Crippen molar-refractivity contribution in [1.82, 2.24) is 4.90 Å². The van der Waals surface area contributed by atoms with E-state index in [0.29, 0.717) is 17.7 Å². The number of hydrogen-bond acceptors (Lipinski definition) is 2. The lowest BCUT2D eigenvalue weighted by Crippen LogP contribution is -2.29. The van der Waals surface area contributed by atoms with Gasteiger partial charge >= 0.3 is 0 Å². The standard InChI is InChI=1S/C13H13NO2/c1-3-5-9-6-7-10-11(8-9)13(16)14(4-2)12(10)15/h3,5-8H,4H2,1-2H3/b5-3+. The second-order valence-corrected chi connectivity index (χ2v) is 3.66. The van der Waals surface area contributed by atoms with Gasteiger partial charge in [-0.25, -0.2) is 0 Å². The van der Waals surface area contributed by atoms with Crippen LogP contribution in [-0.4, -0.2) is 23.3 Å². The molecule has 2 rings (SSSR count). The Balaban J connectivity index is 2.51. The second kappa shape index (κ2) is 3.93. The zero-order chi connectivity index (χ0) is 11.7. The van der Waals surface area contributed by atoms with Crippen molar-refractivity contribution in [3.05, 3.63) is 41.0 Å². The number of hydrogen-bond donors (Lipinski definition) is 0. The van der Waals surface area contributed by atoms with E-state index in [1.165, 1.54) is 4.90 Å². The van der Waals surface area contributed by atoms with Gasteiger partial charge in [-0.2, -0.15) is 0 Å². The van der Waals surface area contributed by atoms with Crippen LogP contribution in [0.5, 0.6) is 0 Å². The lowest BCUT2D eigenvalue weighted by atomic mass is 10.1. The smallest absolute Gasteiger partial charge is 0.261 e. The van der Waals surface area contributed by atoms with Crippen LogP contribution in [0.2, 0.25) is 0 Å². The first-order chi connectivity index (χ1) is 7.69. The highest BCUT2D eigenvalue weighted by Gasteiger charge is 2.34. The molecule has 0 atom stereocenters.